The first kappa shape index (κ1) is 27.8. The molecule has 3 rings (SSSR count). The Balaban J connectivity index is 1.90. The van der Waals surface area contributed by atoms with Crippen LogP contribution in [0.4, 0.5) is 18.9 Å². The molecule has 1 atom stereocenters. The van der Waals surface area contributed by atoms with Crippen LogP contribution in [0.3, 0.4) is 0 Å². The van der Waals surface area contributed by atoms with E-state index in [4.69, 9.17) is 27.9 Å². The van der Waals surface area contributed by atoms with Crippen LogP contribution in [0.5, 0.6) is 5.75 Å². The van der Waals surface area contributed by atoms with Crippen molar-refractivity contribution in [3.05, 3.63) is 87.9 Å². The van der Waals surface area contributed by atoms with Gasteiger partial charge in [0.25, 0.3) is 0 Å². The van der Waals surface area contributed by atoms with E-state index < -0.39 is 38.7 Å². The lowest BCUT2D eigenvalue weighted by molar-refractivity contribution is -0.137. The Morgan fingerprint density at radius 2 is 1.69 bits per heavy atom. The molecular formula is C24H21Cl2F3N2O4S. The Morgan fingerprint density at radius 1 is 1.00 bits per heavy atom. The Morgan fingerprint density at radius 3 is 2.31 bits per heavy atom. The lowest BCUT2D eigenvalue weighted by atomic mass is 10.1. The van der Waals surface area contributed by atoms with Crippen LogP contribution in [0.25, 0.3) is 0 Å². The molecule has 0 spiro atoms. The highest BCUT2D eigenvalue weighted by atomic mass is 35.5. The highest BCUT2D eigenvalue weighted by Crippen LogP contribution is 2.36. The topological polar surface area (TPSA) is 84.5 Å². The smallest absolute Gasteiger partial charge is 0.417 e. The number of ether oxygens (including phenoxy) is 1. The summed E-state index contributed by atoms with van der Waals surface area (Å²) in [5, 5.41) is 1.87. The summed E-state index contributed by atoms with van der Waals surface area (Å²) in [6.07, 6.45) is -4.81. The molecule has 0 unspecified atom stereocenters. The average Bonchev–Trinajstić information content (AvgIpc) is 2.81. The number of alkyl halides is 3. The molecule has 0 aliphatic carbocycles. The Hall–Kier alpha value is -2.79. The summed E-state index contributed by atoms with van der Waals surface area (Å²) in [7, 11) is -4.26. The first-order valence-corrected chi connectivity index (χ1v) is 12.8. The predicted octanol–water partition coefficient (Wildman–Crippen LogP) is 5.94. The SMILES string of the molecule is CCOc1ccc(S(=O)(=O)N[C@@H](Cc2ccccc2)C(=O)Nc2ccc(Cl)c(C(F)(F)F)c2)cc1Cl. The number of halogens is 5. The lowest BCUT2D eigenvalue weighted by Crippen LogP contribution is -2.45. The molecule has 3 aromatic carbocycles. The largest absolute Gasteiger partial charge is 0.492 e. The van der Waals surface area contributed by atoms with E-state index in [0.29, 0.717) is 24.0 Å². The monoisotopic (exact) mass is 560 g/mol. The number of carbonyl (C=O) groups is 1. The van der Waals surface area contributed by atoms with Gasteiger partial charge in [-0.1, -0.05) is 53.5 Å². The van der Waals surface area contributed by atoms with E-state index in [0.717, 1.165) is 6.07 Å². The second kappa shape index (κ2) is 11.5. The fraction of sp³-hybridized carbons (Fsp3) is 0.208. The molecule has 192 valence electrons. The fourth-order valence-electron chi connectivity index (χ4n) is 3.26. The summed E-state index contributed by atoms with van der Waals surface area (Å²) in [4.78, 5) is 12.9. The summed E-state index contributed by atoms with van der Waals surface area (Å²) >= 11 is 11.8. The first-order valence-electron chi connectivity index (χ1n) is 10.6. The number of nitrogens with one attached hydrogen (secondary N) is 2. The lowest BCUT2D eigenvalue weighted by Gasteiger charge is -2.20. The standard InChI is InChI=1S/C24H21Cl2F3N2O4S/c1-2-35-22-11-9-17(14-20(22)26)36(33,34)31-21(12-15-6-4-3-5-7-15)23(32)30-16-8-10-19(25)18(13-16)24(27,28)29/h3-11,13-14,21,31H,2,12H2,1H3,(H,30,32)/t21-/m0/s1. The molecule has 0 fully saturated rings. The molecule has 0 bridgehead atoms. The number of benzene rings is 3. The second-order valence-corrected chi connectivity index (χ2v) is 10.1. The molecule has 3 aromatic rings. The Labute approximate surface area is 216 Å². The third kappa shape index (κ3) is 7.13. The van der Waals surface area contributed by atoms with Crippen LogP contribution >= 0.6 is 23.2 Å². The molecule has 0 aliphatic heterocycles. The van der Waals surface area contributed by atoms with Crippen molar-refractivity contribution in [1.29, 1.82) is 0 Å². The maximum Gasteiger partial charge on any atom is 0.417 e. The Bertz CT molecular complexity index is 1340. The third-order valence-electron chi connectivity index (χ3n) is 4.95. The van der Waals surface area contributed by atoms with Crippen molar-refractivity contribution in [3.63, 3.8) is 0 Å². The molecule has 0 saturated heterocycles. The van der Waals surface area contributed by atoms with Crippen molar-refractivity contribution >= 4 is 44.8 Å². The van der Waals surface area contributed by atoms with Crippen LogP contribution < -0.4 is 14.8 Å². The molecule has 36 heavy (non-hydrogen) atoms. The summed E-state index contributed by atoms with van der Waals surface area (Å²) in [6.45, 7) is 2.07. The minimum atomic E-state index is -4.74. The number of sulfonamides is 1. The molecule has 0 saturated carbocycles. The van der Waals surface area contributed by atoms with E-state index in [9.17, 15) is 26.4 Å². The van der Waals surface area contributed by atoms with Crippen LogP contribution in [-0.2, 0) is 27.4 Å². The normalized spacial score (nSPS) is 12.7. The number of hydrogen-bond donors (Lipinski definition) is 2. The first-order chi connectivity index (χ1) is 16.9. The van der Waals surface area contributed by atoms with Crippen LogP contribution in [0.1, 0.15) is 18.1 Å². The molecule has 0 heterocycles. The van der Waals surface area contributed by atoms with Crippen LogP contribution in [0.15, 0.2) is 71.6 Å². The zero-order valence-electron chi connectivity index (χ0n) is 18.8. The van der Waals surface area contributed by atoms with Gasteiger partial charge in [0.05, 0.1) is 27.1 Å². The van der Waals surface area contributed by atoms with Gasteiger partial charge in [0.15, 0.2) is 0 Å². The van der Waals surface area contributed by atoms with Gasteiger partial charge in [-0.3, -0.25) is 4.79 Å². The van der Waals surface area contributed by atoms with Crippen molar-refractivity contribution in [1.82, 2.24) is 4.72 Å². The van der Waals surface area contributed by atoms with E-state index >= 15 is 0 Å². The zero-order chi connectivity index (χ0) is 26.5. The third-order valence-corrected chi connectivity index (χ3v) is 7.04. The van der Waals surface area contributed by atoms with Gasteiger partial charge in [-0.2, -0.15) is 17.9 Å². The maximum atomic E-state index is 13.2. The van der Waals surface area contributed by atoms with E-state index in [1.54, 1.807) is 37.3 Å². The van der Waals surface area contributed by atoms with E-state index in [1.807, 2.05) is 0 Å². The summed E-state index contributed by atoms with van der Waals surface area (Å²) < 4.78 is 73.5. The van der Waals surface area contributed by atoms with Gasteiger partial charge < -0.3 is 10.1 Å². The van der Waals surface area contributed by atoms with Crippen molar-refractivity contribution in [2.24, 2.45) is 0 Å². The maximum absolute atomic E-state index is 13.2. The van der Waals surface area contributed by atoms with E-state index in [-0.39, 0.29) is 22.0 Å². The quantitative estimate of drug-likeness (QED) is 0.339. The second-order valence-electron chi connectivity index (χ2n) is 7.57. The molecule has 0 aliphatic rings. The average molecular weight is 561 g/mol. The highest BCUT2D eigenvalue weighted by Gasteiger charge is 2.34. The fourth-order valence-corrected chi connectivity index (χ4v) is 5.01. The number of amides is 1. The number of anilines is 1. The van der Waals surface area contributed by atoms with Gasteiger partial charge >= 0.3 is 6.18 Å². The molecule has 6 nitrogen and oxygen atoms in total. The molecular weight excluding hydrogens is 540 g/mol. The van der Waals surface area contributed by atoms with Crippen LogP contribution in [0, 0.1) is 0 Å². The van der Waals surface area contributed by atoms with Gasteiger partial charge in [-0.15, -0.1) is 0 Å². The van der Waals surface area contributed by atoms with Crippen LogP contribution in [-0.4, -0.2) is 27.0 Å². The predicted molar refractivity (Wildman–Crippen MR) is 132 cm³/mol. The molecule has 0 radical (unpaired) electrons. The number of carbonyl (C=O) groups excluding carboxylic acids is 1. The minimum Gasteiger partial charge on any atom is -0.492 e. The zero-order valence-corrected chi connectivity index (χ0v) is 21.1. The van der Waals surface area contributed by atoms with Crippen molar-refractivity contribution in [2.75, 3.05) is 11.9 Å². The number of hydrogen-bond acceptors (Lipinski definition) is 4. The van der Waals surface area contributed by atoms with Gasteiger partial charge in [0.2, 0.25) is 15.9 Å². The van der Waals surface area contributed by atoms with Crippen molar-refractivity contribution < 1.29 is 31.1 Å². The summed E-state index contributed by atoms with van der Waals surface area (Å²) in [5.41, 5.74) is -0.707. The highest BCUT2D eigenvalue weighted by molar-refractivity contribution is 7.89. The van der Waals surface area contributed by atoms with Gasteiger partial charge in [-0.05, 0) is 55.3 Å². The van der Waals surface area contributed by atoms with Crippen molar-refractivity contribution in [3.8, 4) is 5.75 Å². The number of rotatable bonds is 9. The molecule has 12 heteroatoms. The van der Waals surface area contributed by atoms with Gasteiger partial charge in [0, 0.05) is 5.69 Å². The molecule has 0 aromatic heterocycles. The van der Waals surface area contributed by atoms with E-state index in [1.165, 1.54) is 24.3 Å². The van der Waals surface area contributed by atoms with Crippen molar-refractivity contribution in [2.45, 2.75) is 30.5 Å². The van der Waals surface area contributed by atoms with Gasteiger partial charge in [0.1, 0.15) is 11.8 Å². The summed E-state index contributed by atoms with van der Waals surface area (Å²) in [5.74, 6) is -0.574. The molecule has 2 N–H and O–H groups in total. The van der Waals surface area contributed by atoms with Crippen LogP contribution in [0.2, 0.25) is 10.0 Å². The minimum absolute atomic E-state index is 0.0598. The Kier molecular flexibility index (Phi) is 8.89. The molecule has 1 amide bonds. The summed E-state index contributed by atoms with van der Waals surface area (Å²) in [6, 6.07) is 13.9. The van der Waals surface area contributed by atoms with E-state index in [2.05, 4.69) is 10.0 Å². The van der Waals surface area contributed by atoms with Gasteiger partial charge in [-0.25, -0.2) is 8.42 Å².